The van der Waals surface area contributed by atoms with Crippen molar-refractivity contribution in [2.24, 2.45) is 46.3 Å². The summed E-state index contributed by atoms with van der Waals surface area (Å²) in [4.78, 5) is 0. The summed E-state index contributed by atoms with van der Waals surface area (Å²) in [7, 11) is 2.49. The van der Waals surface area contributed by atoms with Gasteiger partial charge in [-0.1, -0.05) is 83.4 Å². The van der Waals surface area contributed by atoms with Crippen molar-refractivity contribution in [3.05, 3.63) is 0 Å². The van der Waals surface area contributed by atoms with Crippen LogP contribution >= 0.6 is 12.6 Å². The van der Waals surface area contributed by atoms with Crippen LogP contribution in [0.1, 0.15) is 135 Å². The molecule has 0 aromatic carbocycles. The monoisotopic (exact) mass is 519 g/mol. The highest BCUT2D eigenvalue weighted by Crippen LogP contribution is 2.49. The third kappa shape index (κ3) is 8.65. The molecular weight excluding hydrogens is 457 g/mol. The molecule has 5 heteroatoms. The standard InChI is InChI=1S/C31H62BN3S/c1-2-3-5-18-31(20-21-33)19-6-4-9-24(22-29(31)35)27-16-14-25(32)15-17-28(27)30(36)23-10-7-12-26(34)13-8-11-23/h23-30,36H,2-22,32-35H2,1H3. The fourth-order valence-electron chi connectivity index (χ4n) is 8.71. The van der Waals surface area contributed by atoms with Crippen LogP contribution in [0, 0.1) is 29.1 Å². The summed E-state index contributed by atoms with van der Waals surface area (Å²) in [6.07, 6.45) is 26.2. The molecule has 3 fully saturated rings. The normalized spacial score (nSPS) is 40.3. The van der Waals surface area contributed by atoms with Crippen molar-refractivity contribution in [2.75, 3.05) is 6.54 Å². The van der Waals surface area contributed by atoms with Crippen molar-refractivity contribution in [3.63, 3.8) is 0 Å². The molecule has 0 saturated heterocycles. The molecule has 0 bridgehead atoms. The quantitative estimate of drug-likeness (QED) is 0.119. The van der Waals surface area contributed by atoms with Crippen molar-refractivity contribution in [1.29, 1.82) is 0 Å². The van der Waals surface area contributed by atoms with E-state index < -0.39 is 0 Å². The number of hydrogen-bond acceptors (Lipinski definition) is 4. The van der Waals surface area contributed by atoms with E-state index in [9.17, 15) is 0 Å². The number of hydrogen-bond donors (Lipinski definition) is 4. The van der Waals surface area contributed by atoms with Crippen LogP contribution in [-0.4, -0.2) is 31.7 Å². The van der Waals surface area contributed by atoms with E-state index in [0.717, 1.165) is 42.5 Å². The van der Waals surface area contributed by atoms with Gasteiger partial charge < -0.3 is 17.2 Å². The first-order chi connectivity index (χ1) is 17.4. The average molecular weight is 520 g/mol. The maximum Gasteiger partial charge on any atom is 0.105 e. The van der Waals surface area contributed by atoms with Crippen LogP contribution in [-0.2, 0) is 0 Å². The van der Waals surface area contributed by atoms with Gasteiger partial charge in [0.15, 0.2) is 0 Å². The summed E-state index contributed by atoms with van der Waals surface area (Å²) >= 11 is 5.49. The van der Waals surface area contributed by atoms with Gasteiger partial charge in [0.1, 0.15) is 7.85 Å². The zero-order valence-electron chi connectivity index (χ0n) is 24.1. The van der Waals surface area contributed by atoms with Crippen LogP contribution < -0.4 is 17.2 Å². The Morgan fingerprint density at radius 3 is 2.28 bits per heavy atom. The zero-order chi connectivity index (χ0) is 26.0. The molecule has 0 aliphatic heterocycles. The summed E-state index contributed by atoms with van der Waals surface area (Å²) in [6, 6.07) is 0.740. The van der Waals surface area contributed by atoms with Gasteiger partial charge in [0.2, 0.25) is 0 Å². The number of rotatable bonds is 9. The Balaban J connectivity index is 1.77. The van der Waals surface area contributed by atoms with Crippen LogP contribution in [0.25, 0.3) is 0 Å². The third-order valence-electron chi connectivity index (χ3n) is 11.1. The Kier molecular flexibility index (Phi) is 13.5. The SMILES string of the molecule is BC1CCC(C2CCCCC(CCN)(CCCCC)C(N)C2)C(C(S)C2CCCC(N)CCC2)CC1. The summed E-state index contributed by atoms with van der Waals surface area (Å²) in [5, 5.41) is 0.551. The van der Waals surface area contributed by atoms with Gasteiger partial charge in [-0.2, -0.15) is 12.6 Å². The molecule has 0 radical (unpaired) electrons. The molecule has 3 nitrogen and oxygen atoms in total. The predicted molar refractivity (Wildman–Crippen MR) is 164 cm³/mol. The Morgan fingerprint density at radius 1 is 0.861 bits per heavy atom. The molecule has 6 N–H and O–H groups in total. The fraction of sp³-hybridized carbons (Fsp3) is 1.00. The zero-order valence-corrected chi connectivity index (χ0v) is 25.0. The third-order valence-corrected chi connectivity index (χ3v) is 11.9. The van der Waals surface area contributed by atoms with Crippen LogP contribution in [0.15, 0.2) is 0 Å². The molecule has 0 aromatic heterocycles. The van der Waals surface area contributed by atoms with Gasteiger partial charge in [0.05, 0.1) is 0 Å². The van der Waals surface area contributed by atoms with Crippen LogP contribution in [0.4, 0.5) is 0 Å². The first-order valence-corrected chi connectivity index (χ1v) is 16.8. The van der Waals surface area contributed by atoms with E-state index in [4.69, 9.17) is 29.8 Å². The summed E-state index contributed by atoms with van der Waals surface area (Å²) in [6.45, 7) is 3.10. The van der Waals surface area contributed by atoms with Gasteiger partial charge >= 0.3 is 0 Å². The van der Waals surface area contributed by atoms with Crippen LogP contribution in [0.5, 0.6) is 0 Å². The molecule has 0 amide bonds. The second kappa shape index (κ2) is 15.8. The molecule has 210 valence electrons. The maximum absolute atomic E-state index is 7.24. The minimum atomic E-state index is 0.273. The fourth-order valence-corrected chi connectivity index (χ4v) is 9.38. The number of unbranched alkanes of at least 4 members (excludes halogenated alkanes) is 2. The smallest absolute Gasteiger partial charge is 0.105 e. The Labute approximate surface area is 231 Å². The molecular formula is C31H62BN3S. The molecule has 3 aliphatic carbocycles. The average Bonchev–Trinajstić information content (AvgIpc) is 3.03. The molecule has 0 aromatic rings. The van der Waals surface area contributed by atoms with Crippen molar-refractivity contribution in [2.45, 2.75) is 158 Å². The van der Waals surface area contributed by atoms with Crippen molar-refractivity contribution in [3.8, 4) is 0 Å². The lowest BCUT2D eigenvalue weighted by Gasteiger charge is -2.46. The minimum absolute atomic E-state index is 0.273. The van der Waals surface area contributed by atoms with Gasteiger partial charge in [-0.25, -0.2) is 0 Å². The van der Waals surface area contributed by atoms with E-state index >= 15 is 0 Å². The predicted octanol–water partition coefficient (Wildman–Crippen LogP) is 6.63. The Bertz CT molecular complexity index is 596. The van der Waals surface area contributed by atoms with Gasteiger partial charge in [-0.05, 0) is 93.4 Å². The van der Waals surface area contributed by atoms with E-state index in [-0.39, 0.29) is 5.41 Å². The van der Waals surface area contributed by atoms with Gasteiger partial charge in [0.25, 0.3) is 0 Å². The highest BCUT2D eigenvalue weighted by molar-refractivity contribution is 7.81. The lowest BCUT2D eigenvalue weighted by atomic mass is 9.62. The van der Waals surface area contributed by atoms with E-state index in [1.807, 2.05) is 0 Å². The second-order valence-electron chi connectivity index (χ2n) is 13.7. The lowest BCUT2D eigenvalue weighted by molar-refractivity contribution is 0.0846. The van der Waals surface area contributed by atoms with Gasteiger partial charge in [-0.3, -0.25) is 0 Å². The van der Waals surface area contributed by atoms with E-state index in [2.05, 4.69) is 14.8 Å². The van der Waals surface area contributed by atoms with Crippen LogP contribution in [0.3, 0.4) is 0 Å². The molecule has 0 heterocycles. The van der Waals surface area contributed by atoms with Crippen molar-refractivity contribution >= 4 is 20.5 Å². The molecule has 3 aliphatic rings. The highest BCUT2D eigenvalue weighted by Gasteiger charge is 2.42. The van der Waals surface area contributed by atoms with Crippen molar-refractivity contribution < 1.29 is 0 Å². The van der Waals surface area contributed by atoms with Gasteiger partial charge in [-0.15, -0.1) is 0 Å². The Hall–Kier alpha value is 0.295. The summed E-state index contributed by atoms with van der Waals surface area (Å²) in [5.74, 6) is 3.98. The highest BCUT2D eigenvalue weighted by atomic mass is 32.1. The van der Waals surface area contributed by atoms with E-state index in [1.165, 1.54) is 122 Å². The van der Waals surface area contributed by atoms with Gasteiger partial charge in [0, 0.05) is 17.3 Å². The maximum atomic E-state index is 7.24. The summed E-state index contributed by atoms with van der Waals surface area (Å²) in [5.41, 5.74) is 20.0. The van der Waals surface area contributed by atoms with Crippen molar-refractivity contribution in [1.82, 2.24) is 0 Å². The Morgan fingerprint density at radius 2 is 1.58 bits per heavy atom. The number of nitrogens with two attached hydrogens (primary N) is 3. The van der Waals surface area contributed by atoms with E-state index in [0.29, 0.717) is 17.3 Å². The van der Waals surface area contributed by atoms with Crippen LogP contribution in [0.2, 0.25) is 5.82 Å². The first kappa shape index (κ1) is 30.8. The molecule has 36 heavy (non-hydrogen) atoms. The molecule has 0 spiro atoms. The lowest BCUT2D eigenvalue weighted by Crippen LogP contribution is -2.47. The largest absolute Gasteiger partial charge is 0.330 e. The topological polar surface area (TPSA) is 78.1 Å². The van der Waals surface area contributed by atoms with E-state index in [1.54, 1.807) is 0 Å². The minimum Gasteiger partial charge on any atom is -0.330 e. The summed E-state index contributed by atoms with van der Waals surface area (Å²) < 4.78 is 0. The molecule has 7 unspecified atom stereocenters. The first-order valence-electron chi connectivity index (χ1n) is 16.3. The molecule has 7 atom stereocenters. The number of thiol groups is 1. The molecule has 3 saturated carbocycles. The molecule has 3 rings (SSSR count). The second-order valence-corrected chi connectivity index (χ2v) is 14.3.